The molecule has 0 aromatic carbocycles. The van der Waals surface area contributed by atoms with Crippen molar-refractivity contribution in [2.75, 3.05) is 33.3 Å². The van der Waals surface area contributed by atoms with Crippen molar-refractivity contribution in [1.29, 1.82) is 0 Å². The molecule has 1 saturated heterocycles. The highest BCUT2D eigenvalue weighted by Crippen LogP contribution is 2.32. The van der Waals surface area contributed by atoms with E-state index >= 15 is 0 Å². The first-order valence-corrected chi connectivity index (χ1v) is 7.85. The van der Waals surface area contributed by atoms with Crippen LogP contribution in [-0.4, -0.2) is 50.1 Å². The zero-order chi connectivity index (χ0) is 14.4. The molecule has 0 atom stereocenters. The second kappa shape index (κ2) is 7.50. The molecule has 5 heteroatoms. The molecule has 0 unspecified atom stereocenters. The first kappa shape index (κ1) is 15.1. The second-order valence-electron chi connectivity index (χ2n) is 5.75. The Kier molecular flexibility index (Phi) is 5.68. The lowest BCUT2D eigenvalue weighted by Gasteiger charge is -2.33. The lowest BCUT2D eigenvalue weighted by Crippen LogP contribution is -2.46. The predicted octanol–water partition coefficient (Wildman–Crippen LogP) is 1.64. The Hall–Kier alpha value is -1.26. The molecular formula is C15H27N3O2. The maximum atomic E-state index is 11.5. The Morgan fingerprint density at radius 1 is 1.30 bits per heavy atom. The molecule has 0 bridgehead atoms. The largest absolute Gasteiger partial charge is 0.469 e. The second-order valence-corrected chi connectivity index (χ2v) is 5.75. The average Bonchev–Trinajstić information content (AvgIpc) is 3.30. The average molecular weight is 281 g/mol. The van der Waals surface area contributed by atoms with Gasteiger partial charge in [0.25, 0.3) is 0 Å². The minimum absolute atomic E-state index is 0.0607. The van der Waals surface area contributed by atoms with Gasteiger partial charge in [-0.2, -0.15) is 0 Å². The summed E-state index contributed by atoms with van der Waals surface area (Å²) in [5.41, 5.74) is 0. The van der Waals surface area contributed by atoms with Crippen molar-refractivity contribution in [3.8, 4) is 0 Å². The molecule has 2 aliphatic rings. The molecule has 1 heterocycles. The summed E-state index contributed by atoms with van der Waals surface area (Å²) in [7, 11) is 1.47. The van der Waals surface area contributed by atoms with Crippen molar-refractivity contribution in [3.05, 3.63) is 0 Å². The topological polar surface area (TPSA) is 53.9 Å². The fourth-order valence-corrected chi connectivity index (χ4v) is 2.68. The summed E-state index contributed by atoms with van der Waals surface area (Å²) in [4.78, 5) is 18.5. The fourth-order valence-electron chi connectivity index (χ4n) is 2.68. The van der Waals surface area contributed by atoms with Gasteiger partial charge in [-0.1, -0.05) is 12.8 Å². The number of aliphatic imine (C=N–C) groups is 1. The van der Waals surface area contributed by atoms with E-state index in [2.05, 4.69) is 17.1 Å². The first-order chi connectivity index (χ1) is 9.74. The molecule has 2 rings (SSSR count). The molecule has 2 fully saturated rings. The van der Waals surface area contributed by atoms with Gasteiger partial charge in [0, 0.05) is 26.2 Å². The number of esters is 1. The molecule has 1 aliphatic carbocycles. The minimum Gasteiger partial charge on any atom is -0.469 e. The maximum Gasteiger partial charge on any atom is 0.308 e. The van der Waals surface area contributed by atoms with Crippen LogP contribution in [0.5, 0.6) is 0 Å². The van der Waals surface area contributed by atoms with E-state index in [-0.39, 0.29) is 11.9 Å². The number of guanidine groups is 1. The molecule has 1 N–H and O–H groups in total. The third kappa shape index (κ3) is 4.39. The monoisotopic (exact) mass is 281 g/mol. The van der Waals surface area contributed by atoms with Crippen molar-refractivity contribution >= 4 is 11.9 Å². The standard InChI is InChI=1S/C15H27N3O2/c1-3-16-15(17-9-6-12-4-5-12)18-10-7-13(8-11-18)14(19)20-2/h12-13H,3-11H2,1-2H3,(H,16,17). The molecule has 0 aromatic rings. The highest BCUT2D eigenvalue weighted by atomic mass is 16.5. The zero-order valence-electron chi connectivity index (χ0n) is 12.7. The quantitative estimate of drug-likeness (QED) is 0.473. The normalized spacial score (nSPS) is 20.9. The lowest BCUT2D eigenvalue weighted by molar-refractivity contribution is -0.146. The van der Waals surface area contributed by atoms with Gasteiger partial charge in [-0.25, -0.2) is 0 Å². The van der Waals surface area contributed by atoms with Gasteiger partial charge in [0.15, 0.2) is 5.96 Å². The Morgan fingerprint density at radius 3 is 2.55 bits per heavy atom. The first-order valence-electron chi connectivity index (χ1n) is 7.85. The number of carbonyl (C=O) groups is 1. The zero-order valence-corrected chi connectivity index (χ0v) is 12.7. The third-order valence-corrected chi connectivity index (χ3v) is 4.16. The van der Waals surface area contributed by atoms with Crippen LogP contribution in [0.4, 0.5) is 0 Å². The molecule has 5 nitrogen and oxygen atoms in total. The maximum absolute atomic E-state index is 11.5. The number of likely N-dealkylation sites (tertiary alicyclic amines) is 1. The Labute approximate surface area is 121 Å². The molecule has 1 saturated carbocycles. The van der Waals surface area contributed by atoms with Crippen LogP contribution >= 0.6 is 0 Å². The van der Waals surface area contributed by atoms with Gasteiger partial charge in [0.2, 0.25) is 0 Å². The third-order valence-electron chi connectivity index (χ3n) is 4.16. The van der Waals surface area contributed by atoms with Gasteiger partial charge in [-0.15, -0.1) is 0 Å². The number of carbonyl (C=O) groups excluding carboxylic acids is 1. The van der Waals surface area contributed by atoms with Gasteiger partial charge in [-0.05, 0) is 32.1 Å². The summed E-state index contributed by atoms with van der Waals surface area (Å²) in [5, 5.41) is 3.36. The van der Waals surface area contributed by atoms with Gasteiger partial charge >= 0.3 is 5.97 Å². The van der Waals surface area contributed by atoms with Crippen LogP contribution in [0.3, 0.4) is 0 Å². The van der Waals surface area contributed by atoms with Gasteiger partial charge in [0.1, 0.15) is 0 Å². The number of ether oxygens (including phenoxy) is 1. The number of hydrogen-bond donors (Lipinski definition) is 1. The van der Waals surface area contributed by atoms with E-state index in [1.54, 1.807) is 0 Å². The Bertz CT molecular complexity index is 345. The van der Waals surface area contributed by atoms with Crippen molar-refractivity contribution in [2.24, 2.45) is 16.8 Å². The van der Waals surface area contributed by atoms with Crippen LogP contribution in [0.2, 0.25) is 0 Å². The summed E-state index contributed by atoms with van der Waals surface area (Å²) in [6.45, 7) is 5.67. The number of hydrogen-bond acceptors (Lipinski definition) is 3. The number of nitrogens with one attached hydrogen (secondary N) is 1. The molecule has 0 aromatic heterocycles. The molecule has 0 spiro atoms. The van der Waals surface area contributed by atoms with E-state index in [0.717, 1.165) is 50.9 Å². The molecule has 0 amide bonds. The number of nitrogens with zero attached hydrogens (tertiary/aromatic N) is 2. The van der Waals surface area contributed by atoms with E-state index in [4.69, 9.17) is 9.73 Å². The van der Waals surface area contributed by atoms with Gasteiger partial charge in [0.05, 0.1) is 13.0 Å². The minimum atomic E-state index is -0.0691. The Morgan fingerprint density at radius 2 is 2.00 bits per heavy atom. The summed E-state index contributed by atoms with van der Waals surface area (Å²) in [6.07, 6.45) is 5.71. The summed E-state index contributed by atoms with van der Waals surface area (Å²) < 4.78 is 4.83. The van der Waals surface area contributed by atoms with Crippen LogP contribution in [0.15, 0.2) is 4.99 Å². The summed E-state index contributed by atoms with van der Waals surface area (Å²) >= 11 is 0. The SMILES string of the molecule is CCNC(=NCCC1CC1)N1CCC(C(=O)OC)CC1. The van der Waals surface area contributed by atoms with Crippen LogP contribution in [0, 0.1) is 11.8 Å². The fraction of sp³-hybridized carbons (Fsp3) is 0.867. The van der Waals surface area contributed by atoms with Crippen molar-refractivity contribution in [2.45, 2.75) is 39.0 Å². The highest BCUT2D eigenvalue weighted by molar-refractivity contribution is 5.80. The van der Waals surface area contributed by atoms with E-state index in [0.29, 0.717) is 0 Å². The molecule has 114 valence electrons. The van der Waals surface area contributed by atoms with Crippen molar-refractivity contribution in [3.63, 3.8) is 0 Å². The summed E-state index contributed by atoms with van der Waals surface area (Å²) in [5.74, 6) is 1.93. The summed E-state index contributed by atoms with van der Waals surface area (Å²) in [6, 6.07) is 0. The van der Waals surface area contributed by atoms with Crippen LogP contribution < -0.4 is 5.32 Å². The van der Waals surface area contributed by atoms with E-state index in [9.17, 15) is 4.79 Å². The van der Waals surface area contributed by atoms with E-state index < -0.39 is 0 Å². The number of piperidine rings is 1. The van der Waals surface area contributed by atoms with Gasteiger partial charge < -0.3 is 15.0 Å². The molecule has 1 aliphatic heterocycles. The van der Waals surface area contributed by atoms with E-state index in [1.807, 2.05) is 0 Å². The molecule has 0 radical (unpaired) electrons. The lowest BCUT2D eigenvalue weighted by atomic mass is 9.97. The highest BCUT2D eigenvalue weighted by Gasteiger charge is 2.27. The molecule has 20 heavy (non-hydrogen) atoms. The van der Waals surface area contributed by atoms with Crippen LogP contribution in [0.1, 0.15) is 39.0 Å². The van der Waals surface area contributed by atoms with Crippen LogP contribution in [0.25, 0.3) is 0 Å². The van der Waals surface area contributed by atoms with Crippen molar-refractivity contribution < 1.29 is 9.53 Å². The Balaban J connectivity index is 1.81. The number of rotatable bonds is 5. The predicted molar refractivity (Wildman–Crippen MR) is 79.6 cm³/mol. The smallest absolute Gasteiger partial charge is 0.308 e. The van der Waals surface area contributed by atoms with E-state index in [1.165, 1.54) is 26.4 Å². The van der Waals surface area contributed by atoms with Gasteiger partial charge in [-0.3, -0.25) is 9.79 Å². The van der Waals surface area contributed by atoms with Crippen molar-refractivity contribution in [1.82, 2.24) is 10.2 Å². The van der Waals surface area contributed by atoms with Crippen LogP contribution in [-0.2, 0) is 9.53 Å². The number of methoxy groups -OCH3 is 1. The molecular weight excluding hydrogens is 254 g/mol.